The maximum absolute atomic E-state index is 9.38. The van der Waals surface area contributed by atoms with Crippen molar-refractivity contribution in [1.82, 2.24) is 20.0 Å². The molecule has 3 rings (SSSR count). The van der Waals surface area contributed by atoms with Crippen LogP contribution < -0.4 is 16.4 Å². The quantitative estimate of drug-likeness (QED) is 0.798. The van der Waals surface area contributed by atoms with Crippen molar-refractivity contribution < 1.29 is 0 Å². The van der Waals surface area contributed by atoms with Gasteiger partial charge in [-0.3, -0.25) is 0 Å². The van der Waals surface area contributed by atoms with E-state index in [0.29, 0.717) is 23.7 Å². The molecule has 1 saturated heterocycles. The van der Waals surface area contributed by atoms with Crippen molar-refractivity contribution in [2.45, 2.75) is 18.9 Å². The summed E-state index contributed by atoms with van der Waals surface area (Å²) in [4.78, 5) is 2.01. The van der Waals surface area contributed by atoms with Gasteiger partial charge >= 0.3 is 0 Å². The maximum Gasteiger partial charge on any atom is 0.178 e. The zero-order valence-corrected chi connectivity index (χ0v) is 11.5. The minimum absolute atomic E-state index is 0.0909. The van der Waals surface area contributed by atoms with Crippen LogP contribution in [-0.2, 0) is 0 Å². The van der Waals surface area contributed by atoms with Crippen molar-refractivity contribution in [1.29, 1.82) is 5.26 Å². The van der Waals surface area contributed by atoms with Crippen LogP contribution in [0.25, 0.3) is 5.82 Å². The number of nitrogens with zero attached hydrogens (tertiary/aromatic N) is 6. The minimum Gasteiger partial charge on any atom is -0.382 e. The molecule has 108 valence electrons. The first kappa shape index (κ1) is 13.3. The van der Waals surface area contributed by atoms with E-state index >= 15 is 0 Å². The average Bonchev–Trinajstić information content (AvgIpc) is 2.85. The summed E-state index contributed by atoms with van der Waals surface area (Å²) in [6, 6.07) is 5.70. The van der Waals surface area contributed by atoms with E-state index in [1.807, 2.05) is 4.90 Å². The van der Waals surface area contributed by atoms with Crippen LogP contribution in [0, 0.1) is 11.3 Å². The van der Waals surface area contributed by atoms with Crippen molar-refractivity contribution in [2.24, 2.45) is 5.73 Å². The second-order valence-electron chi connectivity index (χ2n) is 5.04. The molecule has 0 bridgehead atoms. The number of rotatable bonds is 2. The standard InChI is InChI=1S/C13H16N8/c14-7-10-12(16)21(11-4-1-5-17-18-11)19-13(10)20-6-2-3-9(15)8-20/h1,4-5,9H,2-3,6,8,15-16H2. The second-order valence-corrected chi connectivity index (χ2v) is 5.04. The molecular formula is C13H16N8. The Balaban J connectivity index is 2.04. The van der Waals surface area contributed by atoms with Crippen molar-refractivity contribution in [3.63, 3.8) is 0 Å². The van der Waals surface area contributed by atoms with Crippen LogP contribution in [0.15, 0.2) is 18.3 Å². The van der Waals surface area contributed by atoms with Crippen LogP contribution in [0.4, 0.5) is 11.6 Å². The number of hydrogen-bond acceptors (Lipinski definition) is 7. The molecule has 0 aromatic carbocycles. The third-order valence-corrected chi connectivity index (χ3v) is 3.55. The summed E-state index contributed by atoms with van der Waals surface area (Å²) in [5, 5.41) is 21.6. The van der Waals surface area contributed by atoms with E-state index in [-0.39, 0.29) is 11.9 Å². The molecule has 4 N–H and O–H groups in total. The number of nitrogens with two attached hydrogens (primary N) is 2. The lowest BCUT2D eigenvalue weighted by atomic mass is 10.1. The Hall–Kier alpha value is -2.66. The lowest BCUT2D eigenvalue weighted by Crippen LogP contribution is -2.43. The molecule has 1 aliphatic rings. The van der Waals surface area contributed by atoms with E-state index < -0.39 is 0 Å². The summed E-state index contributed by atoms with van der Waals surface area (Å²) >= 11 is 0. The highest BCUT2D eigenvalue weighted by Crippen LogP contribution is 2.28. The number of aromatic nitrogens is 4. The molecule has 0 radical (unpaired) electrons. The van der Waals surface area contributed by atoms with Crippen LogP contribution in [0.2, 0.25) is 0 Å². The van der Waals surface area contributed by atoms with Gasteiger partial charge in [0.25, 0.3) is 0 Å². The van der Waals surface area contributed by atoms with Gasteiger partial charge < -0.3 is 16.4 Å². The molecule has 21 heavy (non-hydrogen) atoms. The first-order valence-electron chi connectivity index (χ1n) is 6.78. The van der Waals surface area contributed by atoms with Crippen LogP contribution >= 0.6 is 0 Å². The molecule has 0 aliphatic carbocycles. The molecule has 8 heteroatoms. The summed E-state index contributed by atoms with van der Waals surface area (Å²) < 4.78 is 1.45. The van der Waals surface area contributed by atoms with E-state index in [1.54, 1.807) is 18.3 Å². The van der Waals surface area contributed by atoms with Gasteiger partial charge in [0, 0.05) is 25.3 Å². The summed E-state index contributed by atoms with van der Waals surface area (Å²) in [5.41, 5.74) is 12.4. The maximum atomic E-state index is 9.38. The van der Waals surface area contributed by atoms with Gasteiger partial charge in [0.15, 0.2) is 11.6 Å². The Morgan fingerprint density at radius 2 is 2.29 bits per heavy atom. The van der Waals surface area contributed by atoms with Crippen LogP contribution in [0.3, 0.4) is 0 Å². The molecule has 8 nitrogen and oxygen atoms in total. The summed E-state index contributed by atoms with van der Waals surface area (Å²) in [6.07, 6.45) is 3.53. The smallest absolute Gasteiger partial charge is 0.178 e. The molecular weight excluding hydrogens is 268 g/mol. The average molecular weight is 284 g/mol. The van der Waals surface area contributed by atoms with Crippen LogP contribution in [0.5, 0.6) is 0 Å². The Labute approximate surface area is 122 Å². The minimum atomic E-state index is 0.0909. The predicted molar refractivity (Wildman–Crippen MR) is 77.7 cm³/mol. The van der Waals surface area contributed by atoms with Crippen molar-refractivity contribution in [2.75, 3.05) is 23.7 Å². The van der Waals surface area contributed by atoms with Gasteiger partial charge in [-0.1, -0.05) is 0 Å². The predicted octanol–water partition coefficient (Wildman–Crippen LogP) is 0.0437. The van der Waals surface area contributed by atoms with Gasteiger partial charge in [-0.25, -0.2) is 0 Å². The van der Waals surface area contributed by atoms with Gasteiger partial charge in [-0.2, -0.15) is 15.0 Å². The lowest BCUT2D eigenvalue weighted by Gasteiger charge is -2.30. The van der Waals surface area contributed by atoms with Crippen LogP contribution in [0.1, 0.15) is 18.4 Å². The summed E-state index contributed by atoms with van der Waals surface area (Å²) in [5.74, 6) is 1.32. The van der Waals surface area contributed by atoms with Gasteiger partial charge in [0.2, 0.25) is 0 Å². The molecule has 1 atom stereocenters. The first-order chi connectivity index (χ1) is 10.2. The van der Waals surface area contributed by atoms with E-state index in [9.17, 15) is 5.26 Å². The van der Waals surface area contributed by atoms with E-state index in [1.165, 1.54) is 4.68 Å². The highest BCUT2D eigenvalue weighted by molar-refractivity contribution is 5.66. The third-order valence-electron chi connectivity index (χ3n) is 3.55. The Kier molecular flexibility index (Phi) is 3.41. The molecule has 0 spiro atoms. The summed E-state index contributed by atoms with van der Waals surface area (Å²) in [7, 11) is 0. The number of piperidine rings is 1. The SMILES string of the molecule is N#Cc1c(N2CCCC(N)C2)nn(-c2cccnn2)c1N. The molecule has 0 saturated carbocycles. The van der Waals surface area contributed by atoms with Gasteiger partial charge in [0.1, 0.15) is 17.5 Å². The number of anilines is 2. The molecule has 2 aromatic heterocycles. The summed E-state index contributed by atoms with van der Waals surface area (Å²) in [6.45, 7) is 1.49. The van der Waals surface area contributed by atoms with Crippen LogP contribution in [-0.4, -0.2) is 39.1 Å². The molecule has 1 unspecified atom stereocenters. The van der Waals surface area contributed by atoms with Crippen molar-refractivity contribution >= 4 is 11.6 Å². The zero-order chi connectivity index (χ0) is 14.8. The van der Waals surface area contributed by atoms with E-state index in [2.05, 4.69) is 21.4 Å². The molecule has 3 heterocycles. The third kappa shape index (κ3) is 2.39. The Morgan fingerprint density at radius 1 is 1.43 bits per heavy atom. The fourth-order valence-corrected chi connectivity index (χ4v) is 2.53. The normalized spacial score (nSPS) is 18.5. The van der Waals surface area contributed by atoms with Gasteiger partial charge in [0.05, 0.1) is 0 Å². The molecule has 0 amide bonds. The second kappa shape index (κ2) is 5.38. The first-order valence-corrected chi connectivity index (χ1v) is 6.78. The number of nitrogen functional groups attached to an aromatic ring is 1. The van der Waals surface area contributed by atoms with Gasteiger partial charge in [-0.05, 0) is 25.0 Å². The van der Waals surface area contributed by atoms with Crippen molar-refractivity contribution in [3.05, 3.63) is 23.9 Å². The largest absolute Gasteiger partial charge is 0.382 e. The fraction of sp³-hybridized carbons (Fsp3) is 0.385. The molecule has 1 fully saturated rings. The van der Waals surface area contributed by atoms with E-state index in [0.717, 1.165) is 19.4 Å². The Morgan fingerprint density at radius 3 is 2.95 bits per heavy atom. The monoisotopic (exact) mass is 284 g/mol. The zero-order valence-electron chi connectivity index (χ0n) is 11.5. The fourth-order valence-electron chi connectivity index (χ4n) is 2.53. The highest BCUT2D eigenvalue weighted by Gasteiger charge is 2.25. The molecule has 2 aromatic rings. The van der Waals surface area contributed by atoms with Crippen molar-refractivity contribution in [3.8, 4) is 11.9 Å². The number of nitriles is 1. The van der Waals surface area contributed by atoms with Gasteiger partial charge in [-0.15, -0.1) is 10.2 Å². The lowest BCUT2D eigenvalue weighted by molar-refractivity contribution is 0.502. The van der Waals surface area contributed by atoms with E-state index in [4.69, 9.17) is 11.5 Å². The Bertz CT molecular complexity index is 671. The highest BCUT2D eigenvalue weighted by atomic mass is 15.4. The molecule has 1 aliphatic heterocycles. The topological polar surface area (TPSA) is 123 Å². The number of hydrogen-bond donors (Lipinski definition) is 2.